The van der Waals surface area contributed by atoms with E-state index in [-0.39, 0.29) is 5.91 Å². The Morgan fingerprint density at radius 2 is 2.22 bits per heavy atom. The van der Waals surface area contributed by atoms with Gasteiger partial charge in [0.2, 0.25) is 0 Å². The van der Waals surface area contributed by atoms with Crippen molar-refractivity contribution in [1.82, 2.24) is 5.32 Å². The lowest BCUT2D eigenvalue weighted by Crippen LogP contribution is -2.28. The van der Waals surface area contributed by atoms with Crippen molar-refractivity contribution in [2.24, 2.45) is 0 Å². The number of carbonyl (C=O) groups is 1. The number of nitrogens with two attached hydrogens (primary N) is 1. The minimum atomic E-state index is -0.0662. The Bertz CT molecular complexity index is 441. The maximum absolute atomic E-state index is 11.7. The molecule has 0 saturated heterocycles. The van der Waals surface area contributed by atoms with Crippen LogP contribution in [0.15, 0.2) is 18.2 Å². The van der Waals surface area contributed by atoms with Crippen molar-refractivity contribution in [2.75, 3.05) is 24.2 Å². The van der Waals surface area contributed by atoms with E-state index in [1.54, 1.807) is 13.1 Å². The Kier molecular flexibility index (Phi) is 3.75. The van der Waals surface area contributed by atoms with Gasteiger partial charge in [0.05, 0.1) is 11.4 Å². The Morgan fingerprint density at radius 3 is 2.78 bits per heavy atom. The van der Waals surface area contributed by atoms with Crippen molar-refractivity contribution < 1.29 is 4.79 Å². The van der Waals surface area contributed by atoms with Crippen LogP contribution in [-0.2, 0) is 0 Å². The topological polar surface area (TPSA) is 58.4 Å². The second kappa shape index (κ2) is 5.29. The summed E-state index contributed by atoms with van der Waals surface area (Å²) < 4.78 is 0. The Labute approximate surface area is 108 Å². The average molecular weight is 247 g/mol. The minimum Gasteiger partial charge on any atom is -0.397 e. The molecule has 98 valence electrons. The first-order valence-corrected chi connectivity index (χ1v) is 6.55. The quantitative estimate of drug-likeness (QED) is 0.782. The van der Waals surface area contributed by atoms with E-state index in [0.717, 1.165) is 24.3 Å². The second-order valence-electron chi connectivity index (χ2n) is 4.78. The van der Waals surface area contributed by atoms with Crippen LogP contribution in [0, 0.1) is 0 Å². The highest BCUT2D eigenvalue weighted by Crippen LogP contribution is 2.35. The molecule has 1 aliphatic carbocycles. The molecule has 0 spiro atoms. The van der Waals surface area contributed by atoms with Gasteiger partial charge >= 0.3 is 0 Å². The van der Waals surface area contributed by atoms with Crippen LogP contribution in [0.1, 0.15) is 36.5 Å². The molecule has 1 amide bonds. The van der Waals surface area contributed by atoms with E-state index in [1.807, 2.05) is 12.1 Å². The number of benzene rings is 1. The van der Waals surface area contributed by atoms with Crippen LogP contribution in [0.2, 0.25) is 0 Å². The molecule has 2 rings (SSSR count). The lowest BCUT2D eigenvalue weighted by atomic mass is 10.1. The zero-order valence-corrected chi connectivity index (χ0v) is 11.1. The largest absolute Gasteiger partial charge is 0.397 e. The molecule has 1 fully saturated rings. The van der Waals surface area contributed by atoms with Gasteiger partial charge < -0.3 is 16.0 Å². The van der Waals surface area contributed by atoms with Gasteiger partial charge in [-0.1, -0.05) is 6.92 Å². The average Bonchev–Trinajstić information content (AvgIpc) is 3.20. The van der Waals surface area contributed by atoms with Gasteiger partial charge in [-0.25, -0.2) is 0 Å². The number of nitrogens with one attached hydrogen (secondary N) is 1. The highest BCUT2D eigenvalue weighted by atomic mass is 16.1. The Hall–Kier alpha value is -1.71. The predicted octanol–water partition coefficient (Wildman–Crippen LogP) is 2.01. The molecule has 0 bridgehead atoms. The van der Waals surface area contributed by atoms with Crippen molar-refractivity contribution >= 4 is 17.3 Å². The van der Waals surface area contributed by atoms with Crippen LogP contribution in [0.4, 0.5) is 11.4 Å². The van der Waals surface area contributed by atoms with Gasteiger partial charge in [-0.15, -0.1) is 0 Å². The third-order valence-corrected chi connectivity index (χ3v) is 3.28. The van der Waals surface area contributed by atoms with Gasteiger partial charge in [0, 0.05) is 25.2 Å². The molecular formula is C14H21N3O. The van der Waals surface area contributed by atoms with Gasteiger partial charge in [0.1, 0.15) is 0 Å². The number of hydrogen-bond acceptors (Lipinski definition) is 3. The highest BCUT2D eigenvalue weighted by molar-refractivity contribution is 5.96. The second-order valence-corrected chi connectivity index (χ2v) is 4.78. The van der Waals surface area contributed by atoms with Gasteiger partial charge in [0.15, 0.2) is 0 Å². The first kappa shape index (κ1) is 12.7. The molecular weight excluding hydrogens is 226 g/mol. The monoisotopic (exact) mass is 247 g/mol. The predicted molar refractivity (Wildman–Crippen MR) is 74.9 cm³/mol. The van der Waals surface area contributed by atoms with E-state index < -0.39 is 0 Å². The number of rotatable bonds is 5. The number of anilines is 2. The molecule has 4 nitrogen and oxygen atoms in total. The highest BCUT2D eigenvalue weighted by Gasteiger charge is 2.29. The van der Waals surface area contributed by atoms with E-state index in [4.69, 9.17) is 5.73 Å². The van der Waals surface area contributed by atoms with Crippen molar-refractivity contribution in [3.8, 4) is 0 Å². The number of nitrogens with zero attached hydrogens (tertiary/aromatic N) is 1. The fraction of sp³-hybridized carbons (Fsp3) is 0.500. The summed E-state index contributed by atoms with van der Waals surface area (Å²) in [5.41, 5.74) is 8.48. The van der Waals surface area contributed by atoms with Gasteiger partial charge in [0.25, 0.3) is 5.91 Å². The third kappa shape index (κ3) is 2.58. The molecule has 1 aromatic rings. The molecule has 18 heavy (non-hydrogen) atoms. The fourth-order valence-corrected chi connectivity index (χ4v) is 2.20. The van der Waals surface area contributed by atoms with Gasteiger partial charge in [-0.05, 0) is 37.5 Å². The van der Waals surface area contributed by atoms with E-state index >= 15 is 0 Å². The molecule has 3 N–H and O–H groups in total. The summed E-state index contributed by atoms with van der Waals surface area (Å²) in [6.45, 7) is 3.15. The third-order valence-electron chi connectivity index (χ3n) is 3.28. The van der Waals surface area contributed by atoms with Crippen LogP contribution in [-0.4, -0.2) is 25.5 Å². The van der Waals surface area contributed by atoms with E-state index in [9.17, 15) is 4.79 Å². The maximum Gasteiger partial charge on any atom is 0.251 e. The van der Waals surface area contributed by atoms with Crippen molar-refractivity contribution in [3.05, 3.63) is 23.8 Å². The molecule has 1 aromatic carbocycles. The zero-order chi connectivity index (χ0) is 13.1. The van der Waals surface area contributed by atoms with Gasteiger partial charge in [-0.3, -0.25) is 4.79 Å². The van der Waals surface area contributed by atoms with Crippen LogP contribution < -0.4 is 16.0 Å². The standard InChI is InChI=1S/C14H21N3O/c1-3-8-17(11-5-6-11)13-9-10(14(18)16-2)4-7-12(13)15/h4,7,9,11H,3,5-6,8,15H2,1-2H3,(H,16,18). The number of hydrogen-bond donors (Lipinski definition) is 2. The summed E-state index contributed by atoms with van der Waals surface area (Å²) in [7, 11) is 1.64. The van der Waals surface area contributed by atoms with E-state index in [1.165, 1.54) is 12.8 Å². The summed E-state index contributed by atoms with van der Waals surface area (Å²) in [4.78, 5) is 14.0. The molecule has 0 heterocycles. The SMILES string of the molecule is CCCN(c1cc(C(=O)NC)ccc1N)C1CC1. The number of carbonyl (C=O) groups excluding carboxylic acids is 1. The lowest BCUT2D eigenvalue weighted by molar-refractivity contribution is 0.0963. The summed E-state index contributed by atoms with van der Waals surface area (Å²) in [6, 6.07) is 6.11. The molecule has 4 heteroatoms. The molecule has 0 radical (unpaired) electrons. The van der Waals surface area contributed by atoms with Crippen LogP contribution >= 0.6 is 0 Å². The number of amides is 1. The van der Waals surface area contributed by atoms with E-state index in [2.05, 4.69) is 17.1 Å². The van der Waals surface area contributed by atoms with Crippen molar-refractivity contribution in [1.29, 1.82) is 0 Å². The van der Waals surface area contributed by atoms with Crippen LogP contribution in [0.5, 0.6) is 0 Å². The molecule has 1 saturated carbocycles. The summed E-state index contributed by atoms with van der Waals surface area (Å²) in [5, 5.41) is 2.65. The summed E-state index contributed by atoms with van der Waals surface area (Å²) >= 11 is 0. The summed E-state index contributed by atoms with van der Waals surface area (Å²) in [5.74, 6) is -0.0662. The first-order valence-electron chi connectivity index (χ1n) is 6.55. The van der Waals surface area contributed by atoms with Crippen LogP contribution in [0.3, 0.4) is 0 Å². The molecule has 1 aliphatic rings. The molecule has 0 aromatic heterocycles. The van der Waals surface area contributed by atoms with E-state index in [0.29, 0.717) is 11.6 Å². The maximum atomic E-state index is 11.7. The minimum absolute atomic E-state index is 0.0662. The fourth-order valence-electron chi connectivity index (χ4n) is 2.20. The Balaban J connectivity index is 2.31. The first-order chi connectivity index (χ1) is 8.67. The molecule has 0 aliphatic heterocycles. The normalized spacial score (nSPS) is 14.3. The van der Waals surface area contributed by atoms with Gasteiger partial charge in [-0.2, -0.15) is 0 Å². The number of nitrogen functional groups attached to an aromatic ring is 1. The van der Waals surface area contributed by atoms with Crippen LogP contribution in [0.25, 0.3) is 0 Å². The molecule has 0 atom stereocenters. The van der Waals surface area contributed by atoms with Crippen molar-refractivity contribution in [2.45, 2.75) is 32.2 Å². The zero-order valence-electron chi connectivity index (χ0n) is 11.1. The Morgan fingerprint density at radius 1 is 1.50 bits per heavy atom. The summed E-state index contributed by atoms with van der Waals surface area (Å²) in [6.07, 6.45) is 3.54. The smallest absolute Gasteiger partial charge is 0.251 e. The van der Waals surface area contributed by atoms with Crippen molar-refractivity contribution in [3.63, 3.8) is 0 Å². The lowest BCUT2D eigenvalue weighted by Gasteiger charge is -2.26. The molecule has 0 unspecified atom stereocenters.